The van der Waals surface area contributed by atoms with Crippen LogP contribution in [0, 0.1) is 11.8 Å². The van der Waals surface area contributed by atoms with Crippen molar-refractivity contribution >= 4 is 5.97 Å². The molecule has 0 aromatic carbocycles. The number of nitrogens with zero attached hydrogens (tertiary/aromatic N) is 1. The first-order valence-electron chi connectivity index (χ1n) is 6.69. The third-order valence-corrected chi connectivity index (χ3v) is 3.56. The zero-order chi connectivity index (χ0) is 12.8. The molecule has 0 radical (unpaired) electrons. The average Bonchev–Trinajstić information content (AvgIpc) is 2.93. The molecule has 3 atom stereocenters. The first-order chi connectivity index (χ1) is 8.04. The molecule has 1 aliphatic carbocycles. The van der Waals surface area contributed by atoms with E-state index < -0.39 is 12.0 Å². The minimum Gasteiger partial charge on any atom is -0.480 e. The Morgan fingerprint density at radius 2 is 2.24 bits per heavy atom. The van der Waals surface area contributed by atoms with Crippen LogP contribution in [-0.4, -0.2) is 48.7 Å². The molecule has 17 heavy (non-hydrogen) atoms. The lowest BCUT2D eigenvalue weighted by molar-refractivity contribution is -0.139. The van der Waals surface area contributed by atoms with Crippen LogP contribution in [0.5, 0.6) is 0 Å². The maximum Gasteiger partial charge on any atom is 0.320 e. The molecule has 0 aliphatic heterocycles. The number of rotatable bonds is 9. The van der Waals surface area contributed by atoms with Gasteiger partial charge in [-0.25, -0.2) is 0 Å². The molecule has 2 N–H and O–H groups in total. The molecule has 4 nitrogen and oxygen atoms in total. The standard InChI is InChI=1S/C13H26N2O2/c1-4-6-14-12(13(16)17)5-7-15(3)9-11-8-10(11)2/h10-12,14H,4-9H2,1-3H3,(H,16,17). The van der Waals surface area contributed by atoms with Crippen molar-refractivity contribution in [3.05, 3.63) is 0 Å². The summed E-state index contributed by atoms with van der Waals surface area (Å²) in [5.74, 6) is 0.976. The number of carboxylic acid groups (broad SMARTS) is 1. The summed E-state index contributed by atoms with van der Waals surface area (Å²) in [5, 5.41) is 12.1. The molecule has 0 saturated heterocycles. The fourth-order valence-corrected chi connectivity index (χ4v) is 2.13. The number of hydrogen-bond acceptors (Lipinski definition) is 3. The topological polar surface area (TPSA) is 52.6 Å². The molecule has 0 aromatic rings. The molecule has 0 amide bonds. The van der Waals surface area contributed by atoms with Crippen molar-refractivity contribution in [2.75, 3.05) is 26.7 Å². The van der Waals surface area contributed by atoms with Gasteiger partial charge in [-0.2, -0.15) is 0 Å². The third kappa shape index (κ3) is 5.50. The second-order valence-corrected chi connectivity index (χ2v) is 5.37. The van der Waals surface area contributed by atoms with Crippen LogP contribution < -0.4 is 5.32 Å². The molecule has 1 aliphatic rings. The van der Waals surface area contributed by atoms with Crippen LogP contribution in [-0.2, 0) is 4.79 Å². The number of carbonyl (C=O) groups is 1. The molecule has 0 heterocycles. The fourth-order valence-electron chi connectivity index (χ4n) is 2.13. The Bertz CT molecular complexity index is 246. The molecular weight excluding hydrogens is 216 g/mol. The van der Waals surface area contributed by atoms with E-state index in [1.807, 2.05) is 6.92 Å². The summed E-state index contributed by atoms with van der Waals surface area (Å²) in [5.41, 5.74) is 0. The molecule has 1 fully saturated rings. The third-order valence-electron chi connectivity index (χ3n) is 3.56. The van der Waals surface area contributed by atoms with Gasteiger partial charge in [0.1, 0.15) is 6.04 Å². The highest BCUT2D eigenvalue weighted by Gasteiger charge is 2.33. The van der Waals surface area contributed by atoms with E-state index in [9.17, 15) is 4.79 Å². The van der Waals surface area contributed by atoms with E-state index in [1.54, 1.807) is 0 Å². The summed E-state index contributed by atoms with van der Waals surface area (Å²) < 4.78 is 0. The van der Waals surface area contributed by atoms with E-state index >= 15 is 0 Å². The van der Waals surface area contributed by atoms with E-state index in [0.29, 0.717) is 6.42 Å². The second-order valence-electron chi connectivity index (χ2n) is 5.37. The van der Waals surface area contributed by atoms with Gasteiger partial charge >= 0.3 is 5.97 Å². The SMILES string of the molecule is CCCNC(CCN(C)CC1CC1C)C(=O)O. The second kappa shape index (κ2) is 6.97. The van der Waals surface area contributed by atoms with Crippen LogP contribution in [0.4, 0.5) is 0 Å². The lowest BCUT2D eigenvalue weighted by Crippen LogP contribution is -2.40. The minimum atomic E-state index is -0.730. The Labute approximate surface area is 104 Å². The predicted molar refractivity (Wildman–Crippen MR) is 69.1 cm³/mol. The molecule has 0 bridgehead atoms. The molecule has 1 rings (SSSR count). The maximum absolute atomic E-state index is 11.0. The van der Waals surface area contributed by atoms with Crippen LogP contribution in [0.25, 0.3) is 0 Å². The zero-order valence-corrected chi connectivity index (χ0v) is 11.3. The first-order valence-corrected chi connectivity index (χ1v) is 6.69. The van der Waals surface area contributed by atoms with Crippen molar-refractivity contribution in [3.8, 4) is 0 Å². The number of aliphatic carboxylic acids is 1. The Hall–Kier alpha value is -0.610. The Morgan fingerprint density at radius 1 is 1.59 bits per heavy atom. The minimum absolute atomic E-state index is 0.394. The molecule has 1 saturated carbocycles. The normalized spacial score (nSPS) is 24.9. The van der Waals surface area contributed by atoms with Crippen molar-refractivity contribution in [2.24, 2.45) is 11.8 Å². The monoisotopic (exact) mass is 242 g/mol. The van der Waals surface area contributed by atoms with Gasteiger partial charge in [-0.1, -0.05) is 13.8 Å². The summed E-state index contributed by atoms with van der Waals surface area (Å²) in [6.07, 6.45) is 2.99. The molecular formula is C13H26N2O2. The van der Waals surface area contributed by atoms with E-state index in [2.05, 4.69) is 24.2 Å². The summed E-state index contributed by atoms with van der Waals surface area (Å²) >= 11 is 0. The van der Waals surface area contributed by atoms with E-state index in [-0.39, 0.29) is 0 Å². The summed E-state index contributed by atoms with van der Waals surface area (Å²) in [7, 11) is 2.09. The van der Waals surface area contributed by atoms with Gasteiger partial charge in [-0.3, -0.25) is 4.79 Å². The maximum atomic E-state index is 11.0. The van der Waals surface area contributed by atoms with Gasteiger partial charge in [0, 0.05) is 6.54 Å². The average molecular weight is 242 g/mol. The van der Waals surface area contributed by atoms with Crippen molar-refractivity contribution < 1.29 is 9.90 Å². The van der Waals surface area contributed by atoms with Crippen LogP contribution in [0.3, 0.4) is 0 Å². The largest absolute Gasteiger partial charge is 0.480 e. The van der Waals surface area contributed by atoms with E-state index in [0.717, 1.165) is 37.9 Å². The lowest BCUT2D eigenvalue weighted by Gasteiger charge is -2.20. The molecule has 4 heteroatoms. The van der Waals surface area contributed by atoms with Gasteiger partial charge < -0.3 is 15.3 Å². The predicted octanol–water partition coefficient (Wildman–Crippen LogP) is 1.42. The molecule has 3 unspecified atom stereocenters. The summed E-state index contributed by atoms with van der Waals surface area (Å²) in [4.78, 5) is 13.3. The number of nitrogens with one attached hydrogen (secondary N) is 1. The zero-order valence-electron chi connectivity index (χ0n) is 11.3. The Kier molecular flexibility index (Phi) is 5.92. The van der Waals surface area contributed by atoms with Crippen molar-refractivity contribution in [2.45, 2.75) is 39.2 Å². The first kappa shape index (κ1) is 14.5. The molecule has 0 aromatic heterocycles. The van der Waals surface area contributed by atoms with Gasteiger partial charge in [0.2, 0.25) is 0 Å². The van der Waals surface area contributed by atoms with Gasteiger partial charge in [0.05, 0.1) is 0 Å². The number of carboxylic acids is 1. The smallest absolute Gasteiger partial charge is 0.320 e. The van der Waals surface area contributed by atoms with Crippen LogP contribution in [0.1, 0.15) is 33.1 Å². The van der Waals surface area contributed by atoms with E-state index in [4.69, 9.17) is 5.11 Å². The Morgan fingerprint density at radius 3 is 2.71 bits per heavy atom. The van der Waals surface area contributed by atoms with Crippen LogP contribution in [0.2, 0.25) is 0 Å². The van der Waals surface area contributed by atoms with Gasteiger partial charge in [0.25, 0.3) is 0 Å². The van der Waals surface area contributed by atoms with Gasteiger partial charge in [0.15, 0.2) is 0 Å². The summed E-state index contributed by atoms with van der Waals surface area (Å²) in [6, 6.07) is -0.394. The van der Waals surface area contributed by atoms with Gasteiger partial charge in [-0.05, 0) is 51.2 Å². The highest BCUT2D eigenvalue weighted by molar-refractivity contribution is 5.73. The van der Waals surface area contributed by atoms with Crippen molar-refractivity contribution in [1.29, 1.82) is 0 Å². The summed E-state index contributed by atoms with van der Waals surface area (Å²) in [6.45, 7) is 7.08. The number of hydrogen-bond donors (Lipinski definition) is 2. The van der Waals surface area contributed by atoms with E-state index in [1.165, 1.54) is 6.42 Å². The van der Waals surface area contributed by atoms with Crippen LogP contribution in [0.15, 0.2) is 0 Å². The molecule has 100 valence electrons. The Balaban J connectivity index is 2.18. The molecule has 0 spiro atoms. The fraction of sp³-hybridized carbons (Fsp3) is 0.923. The lowest BCUT2D eigenvalue weighted by atomic mass is 10.2. The highest BCUT2D eigenvalue weighted by Crippen LogP contribution is 2.37. The highest BCUT2D eigenvalue weighted by atomic mass is 16.4. The van der Waals surface area contributed by atoms with Gasteiger partial charge in [-0.15, -0.1) is 0 Å². The van der Waals surface area contributed by atoms with Crippen molar-refractivity contribution in [3.63, 3.8) is 0 Å². The van der Waals surface area contributed by atoms with Crippen LogP contribution >= 0.6 is 0 Å². The van der Waals surface area contributed by atoms with Crippen molar-refractivity contribution in [1.82, 2.24) is 10.2 Å². The quantitative estimate of drug-likeness (QED) is 0.642.